The first-order valence-corrected chi connectivity index (χ1v) is 5.34. The Morgan fingerprint density at radius 1 is 1.36 bits per heavy atom. The zero-order valence-electron chi connectivity index (χ0n) is 8.66. The van der Waals surface area contributed by atoms with Crippen LogP contribution in [0.3, 0.4) is 0 Å². The molecule has 0 unspecified atom stereocenters. The van der Waals surface area contributed by atoms with Crippen molar-refractivity contribution < 1.29 is 9.53 Å². The normalized spacial score (nSPS) is 33.5. The number of rotatable bonds is 2. The molecule has 80 valence electrons. The summed E-state index contributed by atoms with van der Waals surface area (Å²) >= 11 is 0. The molecule has 0 radical (unpaired) electrons. The Kier molecular flexibility index (Phi) is 3.03. The number of nitrogens with zero attached hydrogens (tertiary/aromatic N) is 1. The highest BCUT2D eigenvalue weighted by molar-refractivity contribution is 5.73. The van der Waals surface area contributed by atoms with E-state index in [0.29, 0.717) is 6.04 Å². The van der Waals surface area contributed by atoms with Gasteiger partial charge >= 0.3 is 5.97 Å². The van der Waals surface area contributed by atoms with Crippen LogP contribution in [-0.2, 0) is 9.53 Å². The number of carbonyl (C=O) groups excluding carboxylic acids is 1. The Bertz CT molecular complexity index is 208. The zero-order valence-corrected chi connectivity index (χ0v) is 8.66. The molecule has 14 heavy (non-hydrogen) atoms. The molecule has 0 bridgehead atoms. The number of hydrogen-bond donors (Lipinski definition) is 1. The highest BCUT2D eigenvalue weighted by Crippen LogP contribution is 2.32. The van der Waals surface area contributed by atoms with Crippen LogP contribution < -0.4 is 5.32 Å². The van der Waals surface area contributed by atoms with Crippen LogP contribution in [0.5, 0.6) is 0 Å². The average molecular weight is 198 g/mol. The van der Waals surface area contributed by atoms with E-state index < -0.39 is 0 Å². The van der Waals surface area contributed by atoms with E-state index in [1.165, 1.54) is 7.11 Å². The van der Waals surface area contributed by atoms with E-state index in [1.807, 2.05) is 0 Å². The van der Waals surface area contributed by atoms with Crippen LogP contribution in [0, 0.1) is 5.92 Å². The SMILES string of the molecule is COC(=O)C1CC(N2CCNCC2)C1. The second-order valence-corrected chi connectivity index (χ2v) is 4.13. The molecule has 1 aliphatic carbocycles. The molecule has 1 aliphatic heterocycles. The van der Waals surface area contributed by atoms with Crippen LogP contribution in [0.25, 0.3) is 0 Å². The van der Waals surface area contributed by atoms with E-state index in [2.05, 4.69) is 10.2 Å². The van der Waals surface area contributed by atoms with E-state index in [4.69, 9.17) is 4.74 Å². The molecule has 1 saturated heterocycles. The van der Waals surface area contributed by atoms with Gasteiger partial charge in [0.05, 0.1) is 13.0 Å². The van der Waals surface area contributed by atoms with Crippen LogP contribution in [0.4, 0.5) is 0 Å². The largest absolute Gasteiger partial charge is 0.469 e. The third-order valence-corrected chi connectivity index (χ3v) is 3.32. The molecule has 1 saturated carbocycles. The topological polar surface area (TPSA) is 41.6 Å². The van der Waals surface area contributed by atoms with Crippen LogP contribution in [-0.4, -0.2) is 50.2 Å². The van der Waals surface area contributed by atoms with Crippen molar-refractivity contribution in [3.05, 3.63) is 0 Å². The summed E-state index contributed by atoms with van der Waals surface area (Å²) in [6.07, 6.45) is 1.99. The Labute approximate surface area is 84.6 Å². The Hall–Kier alpha value is -0.610. The molecule has 2 aliphatic rings. The minimum atomic E-state index is -0.0311. The lowest BCUT2D eigenvalue weighted by molar-refractivity contribution is -0.150. The van der Waals surface area contributed by atoms with Crippen molar-refractivity contribution in [1.29, 1.82) is 0 Å². The standard InChI is InChI=1S/C10H18N2O2/c1-14-10(13)8-6-9(7-8)12-4-2-11-3-5-12/h8-9,11H,2-7H2,1H3. The van der Waals surface area contributed by atoms with E-state index in [9.17, 15) is 4.79 Å². The highest BCUT2D eigenvalue weighted by atomic mass is 16.5. The lowest BCUT2D eigenvalue weighted by atomic mass is 9.79. The number of nitrogens with one attached hydrogen (secondary N) is 1. The molecule has 0 aromatic carbocycles. The quantitative estimate of drug-likeness (QED) is 0.626. The van der Waals surface area contributed by atoms with Crippen LogP contribution in [0.15, 0.2) is 0 Å². The lowest BCUT2D eigenvalue weighted by Crippen LogP contribution is -2.54. The number of carbonyl (C=O) groups is 1. The van der Waals surface area contributed by atoms with Gasteiger partial charge in [-0.1, -0.05) is 0 Å². The second-order valence-electron chi connectivity index (χ2n) is 4.13. The number of piperazine rings is 1. The van der Waals surface area contributed by atoms with Gasteiger partial charge in [-0.25, -0.2) is 0 Å². The summed E-state index contributed by atoms with van der Waals surface area (Å²) < 4.78 is 4.72. The van der Waals surface area contributed by atoms with Gasteiger partial charge in [0.15, 0.2) is 0 Å². The molecule has 0 amide bonds. The minimum Gasteiger partial charge on any atom is -0.469 e. The van der Waals surface area contributed by atoms with Crippen LogP contribution in [0.1, 0.15) is 12.8 Å². The van der Waals surface area contributed by atoms with E-state index >= 15 is 0 Å². The molecule has 4 heteroatoms. The Morgan fingerprint density at radius 2 is 2.00 bits per heavy atom. The molecule has 1 N–H and O–H groups in total. The molecular formula is C10H18N2O2. The smallest absolute Gasteiger partial charge is 0.308 e. The number of ether oxygens (including phenoxy) is 1. The van der Waals surface area contributed by atoms with Crippen LogP contribution >= 0.6 is 0 Å². The van der Waals surface area contributed by atoms with Gasteiger partial charge in [-0.3, -0.25) is 9.69 Å². The first-order valence-electron chi connectivity index (χ1n) is 5.34. The summed E-state index contributed by atoms with van der Waals surface area (Å²) in [5.41, 5.74) is 0. The van der Waals surface area contributed by atoms with Crippen molar-refractivity contribution in [2.24, 2.45) is 5.92 Å². The molecule has 1 heterocycles. The summed E-state index contributed by atoms with van der Waals surface area (Å²) in [7, 11) is 1.47. The first-order chi connectivity index (χ1) is 6.81. The maximum Gasteiger partial charge on any atom is 0.308 e. The molecule has 0 aromatic heterocycles. The van der Waals surface area contributed by atoms with Crippen molar-refractivity contribution >= 4 is 5.97 Å². The first kappa shape index (κ1) is 9.93. The molecule has 2 fully saturated rings. The van der Waals surface area contributed by atoms with Gasteiger partial charge in [-0.05, 0) is 12.8 Å². The van der Waals surface area contributed by atoms with E-state index in [1.54, 1.807) is 0 Å². The maximum atomic E-state index is 11.2. The Balaban J connectivity index is 1.73. The molecule has 2 rings (SSSR count). The third-order valence-electron chi connectivity index (χ3n) is 3.32. The third kappa shape index (κ3) is 1.91. The molecule has 0 aromatic rings. The van der Waals surface area contributed by atoms with Gasteiger partial charge < -0.3 is 10.1 Å². The monoisotopic (exact) mass is 198 g/mol. The summed E-state index contributed by atoms with van der Waals surface area (Å²) in [5.74, 6) is 0.135. The number of methoxy groups -OCH3 is 1. The summed E-state index contributed by atoms with van der Waals surface area (Å²) in [6, 6.07) is 0.626. The average Bonchev–Trinajstić information content (AvgIpc) is 2.17. The highest BCUT2D eigenvalue weighted by Gasteiger charge is 2.38. The van der Waals surface area contributed by atoms with Gasteiger partial charge in [-0.15, -0.1) is 0 Å². The van der Waals surface area contributed by atoms with Gasteiger partial charge in [0, 0.05) is 32.2 Å². The predicted molar refractivity (Wildman–Crippen MR) is 53.0 cm³/mol. The fraction of sp³-hybridized carbons (Fsp3) is 0.900. The van der Waals surface area contributed by atoms with Crippen LogP contribution in [0.2, 0.25) is 0 Å². The molecule has 0 atom stereocenters. The second kappa shape index (κ2) is 4.28. The number of hydrogen-bond acceptors (Lipinski definition) is 4. The van der Waals surface area contributed by atoms with Crippen molar-refractivity contribution in [3.8, 4) is 0 Å². The molecule has 0 spiro atoms. The molecular weight excluding hydrogens is 180 g/mol. The van der Waals surface area contributed by atoms with Gasteiger partial charge in [0.2, 0.25) is 0 Å². The number of esters is 1. The van der Waals surface area contributed by atoms with E-state index in [0.717, 1.165) is 39.0 Å². The summed E-state index contributed by atoms with van der Waals surface area (Å²) in [6.45, 7) is 4.41. The molecule has 4 nitrogen and oxygen atoms in total. The van der Waals surface area contributed by atoms with Gasteiger partial charge in [-0.2, -0.15) is 0 Å². The maximum absolute atomic E-state index is 11.2. The summed E-state index contributed by atoms with van der Waals surface area (Å²) in [5, 5.41) is 3.33. The Morgan fingerprint density at radius 3 is 2.57 bits per heavy atom. The summed E-state index contributed by atoms with van der Waals surface area (Å²) in [4.78, 5) is 13.7. The fourth-order valence-electron chi connectivity index (χ4n) is 2.29. The van der Waals surface area contributed by atoms with Crippen molar-refractivity contribution in [2.75, 3.05) is 33.3 Å². The van der Waals surface area contributed by atoms with Gasteiger partial charge in [0.25, 0.3) is 0 Å². The predicted octanol–water partition coefficient (Wildman–Crippen LogP) is -0.157. The minimum absolute atomic E-state index is 0.0311. The van der Waals surface area contributed by atoms with Crippen molar-refractivity contribution in [1.82, 2.24) is 10.2 Å². The van der Waals surface area contributed by atoms with E-state index in [-0.39, 0.29) is 11.9 Å². The zero-order chi connectivity index (χ0) is 9.97. The van der Waals surface area contributed by atoms with Crippen molar-refractivity contribution in [3.63, 3.8) is 0 Å². The fourth-order valence-corrected chi connectivity index (χ4v) is 2.29. The lowest BCUT2D eigenvalue weighted by Gasteiger charge is -2.43. The van der Waals surface area contributed by atoms with Gasteiger partial charge in [0.1, 0.15) is 0 Å². The van der Waals surface area contributed by atoms with Crippen molar-refractivity contribution in [2.45, 2.75) is 18.9 Å².